The van der Waals surface area contributed by atoms with Gasteiger partial charge in [0.1, 0.15) is 5.76 Å². The van der Waals surface area contributed by atoms with Gasteiger partial charge in [0.05, 0.1) is 6.61 Å². The number of carbonyl (C=O) groups excluding carboxylic acids is 1. The van der Waals surface area contributed by atoms with Crippen LogP contribution in [-0.2, 0) is 11.2 Å². The van der Waals surface area contributed by atoms with Crippen LogP contribution in [0.15, 0.2) is 29.0 Å². The van der Waals surface area contributed by atoms with E-state index in [0.29, 0.717) is 22.2 Å². The van der Waals surface area contributed by atoms with E-state index in [4.69, 9.17) is 32.4 Å². The van der Waals surface area contributed by atoms with Crippen molar-refractivity contribution in [3.63, 3.8) is 0 Å². The number of halogens is 2. The van der Waals surface area contributed by atoms with Crippen LogP contribution in [0.5, 0.6) is 0 Å². The molecule has 0 spiro atoms. The first-order valence-corrected chi connectivity index (χ1v) is 6.40. The van der Waals surface area contributed by atoms with E-state index < -0.39 is 5.97 Å². The largest absolute Gasteiger partial charge is 0.461 e. The van der Waals surface area contributed by atoms with Gasteiger partial charge in [-0.05, 0) is 30.7 Å². The van der Waals surface area contributed by atoms with Crippen LogP contribution in [0, 0.1) is 0 Å². The first-order valence-electron chi connectivity index (χ1n) is 5.65. The summed E-state index contributed by atoms with van der Waals surface area (Å²) in [5, 5.41) is 1.12. The van der Waals surface area contributed by atoms with E-state index in [1.54, 1.807) is 25.1 Å². The average Bonchev–Trinajstić information content (AvgIpc) is 2.82. The van der Waals surface area contributed by atoms with E-state index in [1.807, 2.05) is 0 Å². The number of benzene rings is 1. The fourth-order valence-corrected chi connectivity index (χ4v) is 1.99. The third kappa shape index (κ3) is 3.28. The van der Waals surface area contributed by atoms with Gasteiger partial charge in [-0.2, -0.15) is 0 Å². The van der Waals surface area contributed by atoms with Crippen molar-refractivity contribution in [2.75, 3.05) is 6.61 Å². The van der Waals surface area contributed by atoms with Crippen molar-refractivity contribution in [2.45, 2.75) is 13.3 Å². The first kappa shape index (κ1) is 13.9. The minimum atomic E-state index is -0.510. The number of nitrogens with zero attached hydrogens (tertiary/aromatic N) is 1. The molecule has 0 aliphatic carbocycles. The highest BCUT2D eigenvalue weighted by molar-refractivity contribution is 6.33. The van der Waals surface area contributed by atoms with Crippen molar-refractivity contribution < 1.29 is 13.9 Å². The third-order valence-electron chi connectivity index (χ3n) is 2.47. The maximum absolute atomic E-state index is 11.7. The molecule has 1 aromatic carbocycles. The van der Waals surface area contributed by atoms with Gasteiger partial charge in [0.25, 0.3) is 0 Å². The molecule has 19 heavy (non-hydrogen) atoms. The fourth-order valence-electron chi connectivity index (χ4n) is 1.61. The van der Waals surface area contributed by atoms with Crippen LogP contribution in [0.1, 0.15) is 28.7 Å². The van der Waals surface area contributed by atoms with Gasteiger partial charge in [-0.3, -0.25) is 0 Å². The standard InChI is InChI=1S/C13H11Cl2NO3/c1-2-18-13(17)12-11(19-7-16-12)6-8-5-9(14)3-4-10(8)15/h3-5,7H,2,6H2,1H3. The molecule has 0 aliphatic heterocycles. The van der Waals surface area contributed by atoms with E-state index in [0.717, 1.165) is 5.56 Å². The van der Waals surface area contributed by atoms with Gasteiger partial charge in [0, 0.05) is 16.5 Å². The van der Waals surface area contributed by atoms with Gasteiger partial charge in [-0.1, -0.05) is 23.2 Å². The van der Waals surface area contributed by atoms with Gasteiger partial charge < -0.3 is 9.15 Å². The number of aromatic nitrogens is 1. The van der Waals surface area contributed by atoms with Crippen molar-refractivity contribution in [3.05, 3.63) is 51.7 Å². The minimum Gasteiger partial charge on any atom is -0.461 e. The SMILES string of the molecule is CCOC(=O)c1ncoc1Cc1cc(Cl)ccc1Cl. The molecule has 0 saturated carbocycles. The fraction of sp³-hybridized carbons (Fsp3) is 0.231. The van der Waals surface area contributed by atoms with Crippen molar-refractivity contribution >= 4 is 29.2 Å². The summed E-state index contributed by atoms with van der Waals surface area (Å²) in [6.07, 6.45) is 1.54. The highest BCUT2D eigenvalue weighted by Crippen LogP contribution is 2.24. The number of rotatable bonds is 4. The molecule has 1 aromatic heterocycles. The monoisotopic (exact) mass is 299 g/mol. The van der Waals surface area contributed by atoms with Crippen LogP contribution < -0.4 is 0 Å². The number of hydrogen-bond acceptors (Lipinski definition) is 4. The van der Waals surface area contributed by atoms with Crippen LogP contribution in [0.4, 0.5) is 0 Å². The summed E-state index contributed by atoms with van der Waals surface area (Å²) in [6, 6.07) is 5.11. The Labute approximate surface area is 120 Å². The lowest BCUT2D eigenvalue weighted by Crippen LogP contribution is -2.08. The predicted molar refractivity (Wildman–Crippen MR) is 71.7 cm³/mol. The summed E-state index contributed by atoms with van der Waals surface area (Å²) < 4.78 is 10.1. The topological polar surface area (TPSA) is 52.3 Å². The molecule has 2 rings (SSSR count). The van der Waals surface area contributed by atoms with Crippen molar-refractivity contribution in [1.82, 2.24) is 4.98 Å². The number of ether oxygens (including phenoxy) is 1. The Bertz CT molecular complexity index is 595. The quantitative estimate of drug-likeness (QED) is 0.807. The molecule has 0 N–H and O–H groups in total. The van der Waals surface area contributed by atoms with Crippen LogP contribution in [0.2, 0.25) is 10.0 Å². The Kier molecular flexibility index (Phi) is 4.45. The van der Waals surface area contributed by atoms with Crippen LogP contribution >= 0.6 is 23.2 Å². The molecule has 6 heteroatoms. The van der Waals surface area contributed by atoms with E-state index in [2.05, 4.69) is 4.98 Å². The molecule has 4 nitrogen and oxygen atoms in total. The van der Waals surface area contributed by atoms with E-state index in [1.165, 1.54) is 6.39 Å². The average molecular weight is 300 g/mol. The molecule has 2 aromatic rings. The molecule has 0 saturated heterocycles. The van der Waals surface area contributed by atoms with Crippen molar-refractivity contribution in [3.8, 4) is 0 Å². The Morgan fingerprint density at radius 1 is 1.42 bits per heavy atom. The smallest absolute Gasteiger partial charge is 0.360 e. The molecule has 0 bridgehead atoms. The highest BCUT2D eigenvalue weighted by Gasteiger charge is 2.19. The van der Waals surface area contributed by atoms with Crippen molar-refractivity contribution in [2.24, 2.45) is 0 Å². The summed E-state index contributed by atoms with van der Waals surface area (Å²) in [5.74, 6) is -0.105. The summed E-state index contributed by atoms with van der Waals surface area (Å²) >= 11 is 12.0. The second-order valence-electron chi connectivity index (χ2n) is 3.76. The minimum absolute atomic E-state index is 0.165. The summed E-state index contributed by atoms with van der Waals surface area (Å²) in [4.78, 5) is 15.5. The lowest BCUT2D eigenvalue weighted by molar-refractivity contribution is 0.0518. The number of hydrogen-bond donors (Lipinski definition) is 0. The molecule has 0 amide bonds. The van der Waals surface area contributed by atoms with Crippen LogP contribution in [0.25, 0.3) is 0 Å². The van der Waals surface area contributed by atoms with Crippen LogP contribution in [0.3, 0.4) is 0 Å². The zero-order chi connectivity index (χ0) is 13.8. The van der Waals surface area contributed by atoms with E-state index in [-0.39, 0.29) is 12.3 Å². The summed E-state index contributed by atoms with van der Waals surface area (Å²) in [6.45, 7) is 2.01. The zero-order valence-corrected chi connectivity index (χ0v) is 11.7. The zero-order valence-electron chi connectivity index (χ0n) is 10.2. The van der Waals surface area contributed by atoms with Gasteiger partial charge >= 0.3 is 5.97 Å². The lowest BCUT2D eigenvalue weighted by atomic mass is 10.1. The molecule has 0 atom stereocenters. The molecule has 100 valence electrons. The molecule has 0 radical (unpaired) electrons. The third-order valence-corrected chi connectivity index (χ3v) is 3.07. The molecule has 0 unspecified atom stereocenters. The van der Waals surface area contributed by atoms with Crippen molar-refractivity contribution in [1.29, 1.82) is 0 Å². The summed E-state index contributed by atoms with van der Waals surface area (Å²) in [7, 11) is 0. The second kappa shape index (κ2) is 6.08. The Balaban J connectivity index is 2.26. The Morgan fingerprint density at radius 3 is 2.95 bits per heavy atom. The van der Waals surface area contributed by atoms with E-state index >= 15 is 0 Å². The Morgan fingerprint density at radius 2 is 2.21 bits per heavy atom. The molecule has 1 heterocycles. The first-order chi connectivity index (χ1) is 9.11. The van der Waals surface area contributed by atoms with Gasteiger partial charge in [-0.15, -0.1) is 0 Å². The second-order valence-corrected chi connectivity index (χ2v) is 4.60. The maximum Gasteiger partial charge on any atom is 0.360 e. The summed E-state index contributed by atoms with van der Waals surface area (Å²) in [5.41, 5.74) is 0.925. The highest BCUT2D eigenvalue weighted by atomic mass is 35.5. The number of carbonyl (C=O) groups is 1. The number of esters is 1. The predicted octanol–water partition coefficient (Wildman–Crippen LogP) is 3.75. The normalized spacial score (nSPS) is 10.5. The lowest BCUT2D eigenvalue weighted by Gasteiger charge is -2.04. The van der Waals surface area contributed by atoms with Gasteiger partial charge in [-0.25, -0.2) is 9.78 Å². The van der Waals surface area contributed by atoms with Crippen LogP contribution in [-0.4, -0.2) is 17.6 Å². The van der Waals surface area contributed by atoms with E-state index in [9.17, 15) is 4.79 Å². The molecule has 0 aliphatic rings. The maximum atomic E-state index is 11.7. The Hall–Kier alpha value is -1.52. The molecule has 0 fully saturated rings. The van der Waals surface area contributed by atoms with Gasteiger partial charge in [0.2, 0.25) is 0 Å². The van der Waals surface area contributed by atoms with Gasteiger partial charge in [0.15, 0.2) is 12.1 Å². The number of oxazole rings is 1. The molecular formula is C13H11Cl2NO3. The molecular weight excluding hydrogens is 289 g/mol.